The summed E-state index contributed by atoms with van der Waals surface area (Å²) in [6.07, 6.45) is 10.3. The third-order valence-electron chi connectivity index (χ3n) is 15.0. The Labute approximate surface area is 396 Å². The van der Waals surface area contributed by atoms with E-state index in [4.69, 9.17) is 9.97 Å². The standard InChI is InChI=1S/C65H47N3/c1-3-65(4-2)57-37-42(31-34-49(57)50-35-33-46(38-58(50)65)68-59-29-17-15-25-51(59)52-26-16-18-30-60(52)68)32-36-61-66-40-45(41-67-61)56-39-55(43-19-7-5-8-20-43)63-53-27-13-11-23-47(53)48-24-12-14-28-54(48)64(63)62(56)44-21-9-6-10-22-44/h5-41H,3-4H2,1-2H3/b36-32+. The molecule has 13 rings (SSSR count). The van der Waals surface area contributed by atoms with Crippen molar-refractivity contribution in [3.8, 4) is 50.2 Å². The molecular formula is C65H47N3. The molecular weight excluding hydrogens is 823 g/mol. The normalized spacial score (nSPS) is 13.0. The van der Waals surface area contributed by atoms with E-state index in [0.717, 1.165) is 35.1 Å². The average Bonchev–Trinajstić information content (AvgIpc) is 3.89. The number of rotatable bonds is 8. The third-order valence-corrected chi connectivity index (χ3v) is 15.0. The lowest BCUT2D eigenvalue weighted by molar-refractivity contribution is 0.490. The number of benzene rings is 10. The summed E-state index contributed by atoms with van der Waals surface area (Å²) in [6.45, 7) is 4.69. The van der Waals surface area contributed by atoms with E-state index >= 15 is 0 Å². The lowest BCUT2D eigenvalue weighted by Gasteiger charge is -2.30. The monoisotopic (exact) mass is 869 g/mol. The fourth-order valence-corrected chi connectivity index (χ4v) is 11.8. The van der Waals surface area contributed by atoms with Crippen molar-refractivity contribution in [3.63, 3.8) is 0 Å². The van der Waals surface area contributed by atoms with Crippen molar-refractivity contribution in [1.82, 2.24) is 14.5 Å². The maximum atomic E-state index is 5.04. The summed E-state index contributed by atoms with van der Waals surface area (Å²) in [4.78, 5) is 10.1. The van der Waals surface area contributed by atoms with Crippen LogP contribution in [-0.2, 0) is 5.41 Å². The van der Waals surface area contributed by atoms with Crippen molar-refractivity contribution < 1.29 is 0 Å². The van der Waals surface area contributed by atoms with E-state index in [1.54, 1.807) is 0 Å². The molecule has 1 aliphatic carbocycles. The number of para-hydroxylation sites is 2. The summed E-state index contributed by atoms with van der Waals surface area (Å²) >= 11 is 0. The molecule has 3 nitrogen and oxygen atoms in total. The maximum absolute atomic E-state index is 5.04. The van der Waals surface area contributed by atoms with Crippen LogP contribution in [0.4, 0.5) is 0 Å². The van der Waals surface area contributed by atoms with Gasteiger partial charge in [0.25, 0.3) is 0 Å². The number of nitrogens with zero attached hydrogens (tertiary/aromatic N) is 3. The van der Waals surface area contributed by atoms with E-state index in [1.165, 1.54) is 98.8 Å². The number of fused-ring (bicyclic) bond motifs is 12. The van der Waals surface area contributed by atoms with Gasteiger partial charge >= 0.3 is 0 Å². The van der Waals surface area contributed by atoms with Gasteiger partial charge in [-0.1, -0.05) is 190 Å². The summed E-state index contributed by atoms with van der Waals surface area (Å²) in [5.74, 6) is 0.673. The second-order valence-corrected chi connectivity index (χ2v) is 18.3. The molecule has 3 heteroatoms. The maximum Gasteiger partial charge on any atom is 0.151 e. The number of aromatic nitrogens is 3. The zero-order chi connectivity index (χ0) is 45.3. The molecule has 10 aromatic carbocycles. The van der Waals surface area contributed by atoms with Gasteiger partial charge in [-0.25, -0.2) is 9.97 Å². The predicted octanol–water partition coefficient (Wildman–Crippen LogP) is 17.3. The highest BCUT2D eigenvalue weighted by Crippen LogP contribution is 2.54. The number of hydrogen-bond acceptors (Lipinski definition) is 2. The first-order chi connectivity index (χ1) is 33.6. The van der Waals surface area contributed by atoms with Gasteiger partial charge in [-0.2, -0.15) is 0 Å². The summed E-state index contributed by atoms with van der Waals surface area (Å²) in [6, 6.07) is 73.4. The highest BCUT2D eigenvalue weighted by atomic mass is 15.0. The van der Waals surface area contributed by atoms with Gasteiger partial charge in [-0.05, 0) is 137 Å². The van der Waals surface area contributed by atoms with Crippen LogP contribution in [-0.4, -0.2) is 14.5 Å². The minimum Gasteiger partial charge on any atom is -0.309 e. The van der Waals surface area contributed by atoms with Gasteiger partial charge in [0.05, 0.1) is 11.0 Å². The molecule has 0 fully saturated rings. The first kappa shape index (κ1) is 39.9. The van der Waals surface area contributed by atoms with Crippen LogP contribution in [0.15, 0.2) is 213 Å². The second-order valence-electron chi connectivity index (χ2n) is 18.3. The molecule has 322 valence electrons. The van der Waals surface area contributed by atoms with Gasteiger partial charge in [0, 0.05) is 39.8 Å². The molecule has 0 spiro atoms. The van der Waals surface area contributed by atoms with E-state index in [-0.39, 0.29) is 5.41 Å². The molecule has 0 bridgehead atoms. The fraction of sp³-hybridized carbons (Fsp3) is 0.0769. The molecule has 68 heavy (non-hydrogen) atoms. The van der Waals surface area contributed by atoms with Gasteiger partial charge in [-0.15, -0.1) is 0 Å². The largest absolute Gasteiger partial charge is 0.309 e. The molecule has 1 aliphatic rings. The Hall–Kier alpha value is -8.40. The van der Waals surface area contributed by atoms with Crippen LogP contribution in [0.1, 0.15) is 49.2 Å². The Kier molecular flexibility index (Phi) is 9.33. The van der Waals surface area contributed by atoms with E-state index in [9.17, 15) is 0 Å². The molecule has 0 saturated heterocycles. The molecule has 0 N–H and O–H groups in total. The molecule has 12 aromatic rings. The van der Waals surface area contributed by atoms with E-state index < -0.39 is 0 Å². The lowest BCUT2D eigenvalue weighted by atomic mass is 9.73. The first-order valence-electron chi connectivity index (χ1n) is 23.9. The van der Waals surface area contributed by atoms with E-state index in [0.29, 0.717) is 5.82 Å². The highest BCUT2D eigenvalue weighted by Gasteiger charge is 2.41. The molecule has 0 saturated carbocycles. The average molecular weight is 870 g/mol. The van der Waals surface area contributed by atoms with Crippen LogP contribution in [0.2, 0.25) is 0 Å². The zero-order valence-corrected chi connectivity index (χ0v) is 38.1. The summed E-state index contributed by atoms with van der Waals surface area (Å²) in [5, 5.41) is 10.0. The van der Waals surface area contributed by atoms with E-state index in [2.05, 4.69) is 231 Å². The molecule has 0 aliphatic heterocycles. The predicted molar refractivity (Wildman–Crippen MR) is 287 cm³/mol. The van der Waals surface area contributed by atoms with Gasteiger partial charge in [0.2, 0.25) is 0 Å². The zero-order valence-electron chi connectivity index (χ0n) is 38.1. The summed E-state index contributed by atoms with van der Waals surface area (Å²) in [5.41, 5.74) is 17.0. The molecule has 0 atom stereocenters. The fourth-order valence-electron chi connectivity index (χ4n) is 11.8. The summed E-state index contributed by atoms with van der Waals surface area (Å²) < 4.78 is 2.44. The van der Waals surface area contributed by atoms with Crippen LogP contribution in [0, 0.1) is 0 Å². The van der Waals surface area contributed by atoms with Crippen LogP contribution in [0.3, 0.4) is 0 Å². The van der Waals surface area contributed by atoms with Crippen LogP contribution in [0.25, 0.3) is 116 Å². The van der Waals surface area contributed by atoms with Crippen LogP contribution >= 0.6 is 0 Å². The van der Waals surface area contributed by atoms with Gasteiger partial charge in [0.1, 0.15) is 0 Å². The Morgan fingerprint density at radius 1 is 0.412 bits per heavy atom. The Morgan fingerprint density at radius 3 is 1.54 bits per heavy atom. The van der Waals surface area contributed by atoms with Crippen molar-refractivity contribution in [1.29, 1.82) is 0 Å². The van der Waals surface area contributed by atoms with E-state index in [1.807, 2.05) is 12.4 Å². The van der Waals surface area contributed by atoms with Crippen molar-refractivity contribution >= 4 is 66.3 Å². The third kappa shape index (κ3) is 6.05. The Morgan fingerprint density at radius 2 is 0.926 bits per heavy atom. The lowest BCUT2D eigenvalue weighted by Crippen LogP contribution is -2.23. The van der Waals surface area contributed by atoms with Gasteiger partial charge in [0.15, 0.2) is 5.82 Å². The summed E-state index contributed by atoms with van der Waals surface area (Å²) in [7, 11) is 0. The SMILES string of the molecule is CCC1(CC)c2cc(/C=C/c3ncc(-c4cc(-c5ccccc5)c5c6ccccc6c6ccccc6c5c4-c4ccccc4)cn3)ccc2-c2ccc(-n3c4ccccc4c4ccccc43)cc21. The second kappa shape index (κ2) is 15.9. The smallest absolute Gasteiger partial charge is 0.151 e. The van der Waals surface area contributed by atoms with Crippen molar-refractivity contribution in [3.05, 3.63) is 235 Å². The minimum atomic E-state index is -0.103. The van der Waals surface area contributed by atoms with Crippen molar-refractivity contribution in [2.75, 3.05) is 0 Å². The minimum absolute atomic E-state index is 0.103. The molecule has 0 amide bonds. The molecule has 0 radical (unpaired) electrons. The topological polar surface area (TPSA) is 30.7 Å². The Balaban J connectivity index is 0.904. The van der Waals surface area contributed by atoms with Crippen LogP contribution < -0.4 is 0 Å². The van der Waals surface area contributed by atoms with Gasteiger partial charge in [-0.3, -0.25) is 0 Å². The van der Waals surface area contributed by atoms with Crippen molar-refractivity contribution in [2.24, 2.45) is 0 Å². The quantitative estimate of drug-likeness (QED) is 0.142. The number of hydrogen-bond donors (Lipinski definition) is 0. The Bertz CT molecular complexity index is 3920. The van der Waals surface area contributed by atoms with Crippen LogP contribution in [0.5, 0.6) is 0 Å². The molecule has 2 aromatic heterocycles. The van der Waals surface area contributed by atoms with Gasteiger partial charge < -0.3 is 4.57 Å². The highest BCUT2D eigenvalue weighted by molar-refractivity contribution is 6.33. The molecule has 0 unspecified atom stereocenters. The first-order valence-corrected chi connectivity index (χ1v) is 23.9. The molecule has 2 heterocycles. The van der Waals surface area contributed by atoms with Crippen molar-refractivity contribution in [2.45, 2.75) is 32.1 Å².